The highest BCUT2D eigenvalue weighted by Crippen LogP contribution is 2.19. The Balaban J connectivity index is 2.98. The Morgan fingerprint density at radius 1 is 1.31 bits per heavy atom. The minimum atomic E-state index is -3.38. The first-order valence-corrected chi connectivity index (χ1v) is 7.36. The molecule has 0 aliphatic rings. The molecule has 0 unspecified atom stereocenters. The molecule has 0 aliphatic heterocycles. The van der Waals surface area contributed by atoms with Crippen molar-refractivity contribution in [1.29, 1.82) is 0 Å². The molecule has 0 bridgehead atoms. The second kappa shape index (κ2) is 5.29. The van der Waals surface area contributed by atoms with Crippen molar-refractivity contribution in [2.24, 2.45) is 5.92 Å². The predicted molar refractivity (Wildman–Crippen MR) is 68.9 cm³/mol. The maximum Gasteiger partial charge on any atom is 0.240 e. The van der Waals surface area contributed by atoms with Gasteiger partial charge in [0.15, 0.2) is 0 Å². The first-order chi connectivity index (χ1) is 7.31. The molecule has 0 fully saturated rings. The molecule has 0 heterocycles. The summed E-state index contributed by atoms with van der Waals surface area (Å²) in [5.41, 5.74) is 0.916. The third-order valence-electron chi connectivity index (χ3n) is 2.01. The van der Waals surface area contributed by atoms with Gasteiger partial charge in [-0.15, -0.1) is 0 Å². The Morgan fingerprint density at radius 3 is 2.44 bits per heavy atom. The second-order valence-electron chi connectivity index (χ2n) is 4.21. The largest absolute Gasteiger partial charge is 0.240 e. The summed E-state index contributed by atoms with van der Waals surface area (Å²) in [5, 5.41) is 0. The van der Waals surface area contributed by atoms with Crippen LogP contribution in [0.1, 0.15) is 19.4 Å². The maximum absolute atomic E-state index is 11.9. The summed E-state index contributed by atoms with van der Waals surface area (Å²) >= 11 is 3.29. The van der Waals surface area contributed by atoms with Gasteiger partial charge in [-0.1, -0.05) is 29.8 Å². The van der Waals surface area contributed by atoms with E-state index in [1.165, 1.54) is 0 Å². The van der Waals surface area contributed by atoms with Crippen LogP contribution in [0.3, 0.4) is 0 Å². The highest BCUT2D eigenvalue weighted by Gasteiger charge is 2.14. The van der Waals surface area contributed by atoms with Gasteiger partial charge in [0.2, 0.25) is 10.0 Å². The van der Waals surface area contributed by atoms with Crippen LogP contribution in [-0.4, -0.2) is 15.0 Å². The van der Waals surface area contributed by atoms with Gasteiger partial charge in [0.25, 0.3) is 0 Å². The first-order valence-electron chi connectivity index (χ1n) is 5.08. The lowest BCUT2D eigenvalue weighted by Gasteiger charge is -2.09. The van der Waals surface area contributed by atoms with Gasteiger partial charge >= 0.3 is 0 Å². The zero-order valence-electron chi connectivity index (χ0n) is 9.62. The fourth-order valence-corrected chi connectivity index (χ4v) is 3.32. The zero-order valence-corrected chi connectivity index (χ0v) is 12.0. The van der Waals surface area contributed by atoms with Crippen molar-refractivity contribution in [2.45, 2.75) is 25.7 Å². The van der Waals surface area contributed by atoms with Crippen LogP contribution < -0.4 is 4.72 Å². The summed E-state index contributed by atoms with van der Waals surface area (Å²) in [6.45, 7) is 6.25. The molecule has 0 aromatic heterocycles. The van der Waals surface area contributed by atoms with Crippen LogP contribution >= 0.6 is 15.9 Å². The number of halogens is 1. The van der Waals surface area contributed by atoms with E-state index in [-0.39, 0.29) is 0 Å². The van der Waals surface area contributed by atoms with Gasteiger partial charge in [-0.2, -0.15) is 0 Å². The molecule has 0 atom stereocenters. The molecule has 0 radical (unpaired) electrons. The van der Waals surface area contributed by atoms with Crippen LogP contribution in [0.15, 0.2) is 27.6 Å². The van der Waals surface area contributed by atoms with Crippen molar-refractivity contribution in [3.8, 4) is 0 Å². The molecule has 3 nitrogen and oxygen atoms in total. The number of hydrogen-bond acceptors (Lipinski definition) is 2. The van der Waals surface area contributed by atoms with Gasteiger partial charge in [0, 0.05) is 11.0 Å². The van der Waals surface area contributed by atoms with Crippen molar-refractivity contribution in [2.75, 3.05) is 6.54 Å². The SMILES string of the molecule is Cc1cc(Br)cc(S(=O)(=O)NCC(C)C)c1. The molecule has 0 aliphatic carbocycles. The fourth-order valence-electron chi connectivity index (χ4n) is 1.22. The molecule has 5 heteroatoms. The summed E-state index contributed by atoms with van der Waals surface area (Å²) in [6.07, 6.45) is 0. The average Bonchev–Trinajstić information content (AvgIpc) is 2.13. The maximum atomic E-state index is 11.9. The number of nitrogens with one attached hydrogen (secondary N) is 1. The molecule has 0 amide bonds. The van der Waals surface area contributed by atoms with Crippen LogP contribution in [0.2, 0.25) is 0 Å². The third-order valence-corrected chi connectivity index (χ3v) is 3.87. The van der Waals surface area contributed by atoms with Crippen molar-refractivity contribution in [3.05, 3.63) is 28.2 Å². The fraction of sp³-hybridized carbons (Fsp3) is 0.455. The summed E-state index contributed by atoms with van der Waals surface area (Å²) < 4.78 is 27.2. The molecule has 0 spiro atoms. The predicted octanol–water partition coefficient (Wildman–Crippen LogP) is 2.69. The average molecular weight is 306 g/mol. The van der Waals surface area contributed by atoms with Gasteiger partial charge in [-0.3, -0.25) is 0 Å². The summed E-state index contributed by atoms with van der Waals surface area (Å²) in [6, 6.07) is 5.14. The van der Waals surface area contributed by atoms with E-state index < -0.39 is 10.0 Å². The molecular weight excluding hydrogens is 290 g/mol. The van der Waals surface area contributed by atoms with E-state index >= 15 is 0 Å². The molecule has 0 saturated heterocycles. The summed E-state index contributed by atoms with van der Waals surface area (Å²) in [4.78, 5) is 0.306. The number of aryl methyl sites for hydroxylation is 1. The number of benzene rings is 1. The molecule has 0 saturated carbocycles. The number of sulfonamides is 1. The van der Waals surface area contributed by atoms with Gasteiger partial charge in [0.05, 0.1) is 4.90 Å². The van der Waals surface area contributed by atoms with Crippen LogP contribution in [-0.2, 0) is 10.0 Å². The normalized spacial score (nSPS) is 12.1. The number of hydrogen-bond donors (Lipinski definition) is 1. The van der Waals surface area contributed by atoms with Crippen molar-refractivity contribution < 1.29 is 8.42 Å². The van der Waals surface area contributed by atoms with E-state index in [0.717, 1.165) is 10.0 Å². The minimum Gasteiger partial charge on any atom is -0.211 e. The van der Waals surface area contributed by atoms with Gasteiger partial charge in [-0.05, 0) is 36.6 Å². The third kappa shape index (κ3) is 3.88. The Morgan fingerprint density at radius 2 is 1.94 bits per heavy atom. The quantitative estimate of drug-likeness (QED) is 0.929. The van der Waals surface area contributed by atoms with E-state index in [2.05, 4.69) is 20.7 Å². The van der Waals surface area contributed by atoms with Crippen molar-refractivity contribution in [3.63, 3.8) is 0 Å². The lowest BCUT2D eigenvalue weighted by molar-refractivity contribution is 0.560. The lowest BCUT2D eigenvalue weighted by atomic mass is 10.2. The Bertz CT molecular complexity index is 449. The molecular formula is C11H16BrNO2S. The Hall–Kier alpha value is -0.390. The van der Waals surface area contributed by atoms with Crippen LogP contribution in [0.4, 0.5) is 0 Å². The molecule has 16 heavy (non-hydrogen) atoms. The van der Waals surface area contributed by atoms with Crippen molar-refractivity contribution in [1.82, 2.24) is 4.72 Å². The van der Waals surface area contributed by atoms with E-state index in [1.807, 2.05) is 26.8 Å². The molecule has 1 N–H and O–H groups in total. The summed E-state index contributed by atoms with van der Waals surface area (Å²) in [7, 11) is -3.38. The molecule has 90 valence electrons. The minimum absolute atomic E-state index is 0.294. The lowest BCUT2D eigenvalue weighted by Crippen LogP contribution is -2.27. The highest BCUT2D eigenvalue weighted by molar-refractivity contribution is 9.10. The Kier molecular flexibility index (Phi) is 4.52. The van der Waals surface area contributed by atoms with E-state index in [9.17, 15) is 8.42 Å². The standard InChI is InChI=1S/C11H16BrNO2S/c1-8(2)7-13-16(14,15)11-5-9(3)4-10(12)6-11/h4-6,8,13H,7H2,1-3H3. The Labute approximate surface area is 105 Å². The van der Waals surface area contributed by atoms with Gasteiger partial charge < -0.3 is 0 Å². The second-order valence-corrected chi connectivity index (χ2v) is 6.89. The highest BCUT2D eigenvalue weighted by atomic mass is 79.9. The van der Waals surface area contributed by atoms with E-state index in [0.29, 0.717) is 17.4 Å². The topological polar surface area (TPSA) is 46.2 Å². The monoisotopic (exact) mass is 305 g/mol. The van der Waals surface area contributed by atoms with Crippen molar-refractivity contribution >= 4 is 26.0 Å². The van der Waals surface area contributed by atoms with E-state index in [4.69, 9.17) is 0 Å². The van der Waals surface area contributed by atoms with E-state index in [1.54, 1.807) is 12.1 Å². The van der Waals surface area contributed by atoms with Crippen LogP contribution in [0.25, 0.3) is 0 Å². The first kappa shape index (κ1) is 13.7. The molecule has 1 aromatic rings. The summed E-state index contributed by atoms with van der Waals surface area (Å²) in [5.74, 6) is 0.294. The van der Waals surface area contributed by atoms with Crippen LogP contribution in [0.5, 0.6) is 0 Å². The molecule has 1 rings (SSSR count). The molecule has 1 aromatic carbocycles. The smallest absolute Gasteiger partial charge is 0.211 e. The number of rotatable bonds is 4. The van der Waals surface area contributed by atoms with Crippen LogP contribution in [0, 0.1) is 12.8 Å². The zero-order chi connectivity index (χ0) is 12.3. The van der Waals surface area contributed by atoms with Gasteiger partial charge in [-0.25, -0.2) is 13.1 Å². The van der Waals surface area contributed by atoms with Gasteiger partial charge in [0.1, 0.15) is 0 Å².